The number of halogens is 2. The average Bonchev–Trinajstić information content (AvgIpc) is 3.33. The monoisotopic (exact) mass is 430 g/mol. The maximum atomic E-state index is 13.3. The third kappa shape index (κ3) is 4.70. The molecular weight excluding hydrogens is 407 g/mol. The van der Waals surface area contributed by atoms with Crippen molar-refractivity contribution < 1.29 is 14.3 Å². The zero-order valence-corrected chi connectivity index (χ0v) is 17.3. The molecule has 158 valence electrons. The van der Waals surface area contributed by atoms with Gasteiger partial charge in [0.2, 0.25) is 0 Å². The fourth-order valence-electron chi connectivity index (χ4n) is 3.52. The summed E-state index contributed by atoms with van der Waals surface area (Å²) in [6, 6.07) is 13.7. The van der Waals surface area contributed by atoms with Crippen LogP contribution in [0.4, 0.5) is 4.39 Å². The predicted octanol–water partition coefficient (Wildman–Crippen LogP) is 2.72. The molecule has 30 heavy (non-hydrogen) atoms. The number of benzene rings is 2. The second kappa shape index (κ2) is 9.38. The van der Waals surface area contributed by atoms with Crippen LogP contribution in [0.25, 0.3) is 16.9 Å². The first kappa shape index (κ1) is 22.0. The number of amides is 1. The summed E-state index contributed by atoms with van der Waals surface area (Å²) < 4.78 is 14.9. The van der Waals surface area contributed by atoms with Gasteiger partial charge in [0.15, 0.2) is 0 Å². The summed E-state index contributed by atoms with van der Waals surface area (Å²) in [5.41, 5.74) is 3.54. The number of carbonyl (C=O) groups is 1. The summed E-state index contributed by atoms with van der Waals surface area (Å²) in [7, 11) is 0. The first-order chi connectivity index (χ1) is 14.0. The second-order valence-corrected chi connectivity index (χ2v) is 7.38. The fourth-order valence-corrected chi connectivity index (χ4v) is 3.52. The fraction of sp³-hybridized carbons (Fsp3) is 0.273. The van der Waals surface area contributed by atoms with Crippen molar-refractivity contribution in [1.29, 1.82) is 0 Å². The van der Waals surface area contributed by atoms with Crippen LogP contribution in [0.2, 0.25) is 0 Å². The lowest BCUT2D eigenvalue weighted by molar-refractivity contribution is 0.0927. The van der Waals surface area contributed by atoms with Gasteiger partial charge in [0.05, 0.1) is 17.4 Å². The van der Waals surface area contributed by atoms with Crippen LogP contribution in [0.5, 0.6) is 0 Å². The van der Waals surface area contributed by atoms with E-state index in [1.165, 1.54) is 12.1 Å². The summed E-state index contributed by atoms with van der Waals surface area (Å²) in [5.74, 6) is -0.607. The molecule has 0 radical (unpaired) electrons. The lowest BCUT2D eigenvalue weighted by Crippen LogP contribution is -2.34. The molecule has 8 heteroatoms. The van der Waals surface area contributed by atoms with E-state index in [9.17, 15) is 14.3 Å². The van der Waals surface area contributed by atoms with Crippen molar-refractivity contribution >= 4 is 18.3 Å². The molecule has 0 aliphatic carbocycles. The molecule has 1 fully saturated rings. The van der Waals surface area contributed by atoms with Crippen LogP contribution in [0.15, 0.2) is 54.7 Å². The van der Waals surface area contributed by atoms with Crippen LogP contribution in [0, 0.1) is 18.7 Å². The molecule has 1 aromatic heterocycles. The minimum atomic E-state index is -0.464. The van der Waals surface area contributed by atoms with Crippen molar-refractivity contribution in [2.75, 3.05) is 19.6 Å². The largest absolute Gasteiger partial charge is 0.391 e. The van der Waals surface area contributed by atoms with Crippen LogP contribution >= 0.6 is 12.4 Å². The molecule has 2 aromatic carbocycles. The minimum Gasteiger partial charge on any atom is -0.391 e. The number of aromatic nitrogens is 2. The van der Waals surface area contributed by atoms with E-state index in [2.05, 4.69) is 15.7 Å². The number of nitrogens with zero attached hydrogens (tertiary/aromatic N) is 2. The summed E-state index contributed by atoms with van der Waals surface area (Å²) in [6.45, 7) is 3.56. The summed E-state index contributed by atoms with van der Waals surface area (Å²) in [6.07, 6.45) is 1.19. The van der Waals surface area contributed by atoms with Gasteiger partial charge in [-0.25, -0.2) is 9.07 Å². The second-order valence-electron chi connectivity index (χ2n) is 7.38. The summed E-state index contributed by atoms with van der Waals surface area (Å²) in [5, 5.41) is 20.6. The number of hydrogen-bond acceptors (Lipinski definition) is 4. The molecule has 6 nitrogen and oxygen atoms in total. The van der Waals surface area contributed by atoms with Crippen molar-refractivity contribution in [1.82, 2.24) is 20.4 Å². The SMILES string of the molecule is Cc1cccc(-c2nn(-c3ccc(F)cc3)cc2C(=O)NCC2CNCC2O)c1.Cl. The summed E-state index contributed by atoms with van der Waals surface area (Å²) >= 11 is 0. The third-order valence-electron chi connectivity index (χ3n) is 5.17. The van der Waals surface area contributed by atoms with Crippen molar-refractivity contribution in [3.8, 4) is 16.9 Å². The molecule has 2 atom stereocenters. The lowest BCUT2D eigenvalue weighted by atomic mass is 10.0. The van der Waals surface area contributed by atoms with Gasteiger partial charge in [-0.2, -0.15) is 5.10 Å². The summed E-state index contributed by atoms with van der Waals surface area (Å²) in [4.78, 5) is 13.0. The normalized spacial score (nSPS) is 18.1. The first-order valence-corrected chi connectivity index (χ1v) is 9.61. The van der Waals surface area contributed by atoms with Crippen molar-refractivity contribution in [2.45, 2.75) is 13.0 Å². The number of carbonyl (C=O) groups excluding carboxylic acids is 1. The van der Waals surface area contributed by atoms with E-state index in [1.807, 2.05) is 31.2 Å². The third-order valence-corrected chi connectivity index (χ3v) is 5.17. The molecule has 0 spiro atoms. The van der Waals surface area contributed by atoms with Crippen molar-refractivity contribution in [3.05, 3.63) is 71.7 Å². The van der Waals surface area contributed by atoms with E-state index in [0.29, 0.717) is 36.6 Å². The van der Waals surface area contributed by atoms with Gasteiger partial charge in [0.25, 0.3) is 5.91 Å². The van der Waals surface area contributed by atoms with Crippen LogP contribution in [-0.4, -0.2) is 46.5 Å². The molecule has 1 aliphatic rings. The molecular formula is C22H24ClFN4O2. The van der Waals surface area contributed by atoms with E-state index < -0.39 is 6.10 Å². The van der Waals surface area contributed by atoms with E-state index in [1.54, 1.807) is 23.0 Å². The smallest absolute Gasteiger partial charge is 0.255 e. The Hall–Kier alpha value is -2.74. The Morgan fingerprint density at radius 2 is 2.03 bits per heavy atom. The number of aryl methyl sites for hydroxylation is 1. The Kier molecular flexibility index (Phi) is 6.87. The Labute approximate surface area is 180 Å². The quantitative estimate of drug-likeness (QED) is 0.581. The molecule has 3 aromatic rings. The van der Waals surface area contributed by atoms with Gasteiger partial charge < -0.3 is 15.7 Å². The highest BCUT2D eigenvalue weighted by Gasteiger charge is 2.26. The van der Waals surface area contributed by atoms with Crippen molar-refractivity contribution in [2.24, 2.45) is 5.92 Å². The zero-order valence-electron chi connectivity index (χ0n) is 16.5. The lowest BCUT2D eigenvalue weighted by Gasteiger charge is -2.14. The molecule has 2 unspecified atom stereocenters. The van der Waals surface area contributed by atoms with E-state index >= 15 is 0 Å². The number of hydrogen-bond donors (Lipinski definition) is 3. The number of rotatable bonds is 5. The standard InChI is InChI=1S/C22H23FN4O2.ClH/c1-14-3-2-4-15(9-14)21-19(22(29)25-11-16-10-24-12-20(16)28)13-27(26-21)18-7-5-17(23)6-8-18;/h2-9,13,16,20,24,28H,10-12H2,1H3,(H,25,29);1H. The molecule has 4 rings (SSSR count). The highest BCUT2D eigenvalue weighted by atomic mass is 35.5. The number of aliphatic hydroxyl groups excluding tert-OH is 1. The van der Waals surface area contributed by atoms with E-state index in [0.717, 1.165) is 11.1 Å². The van der Waals surface area contributed by atoms with Crippen LogP contribution in [-0.2, 0) is 0 Å². The molecule has 0 saturated carbocycles. The van der Waals surface area contributed by atoms with Gasteiger partial charge >= 0.3 is 0 Å². The Morgan fingerprint density at radius 3 is 2.70 bits per heavy atom. The van der Waals surface area contributed by atoms with Crippen LogP contribution < -0.4 is 10.6 Å². The van der Waals surface area contributed by atoms with E-state index in [4.69, 9.17) is 0 Å². The number of nitrogens with one attached hydrogen (secondary N) is 2. The topological polar surface area (TPSA) is 79.2 Å². The van der Waals surface area contributed by atoms with Gasteiger partial charge in [-0.15, -0.1) is 12.4 Å². The van der Waals surface area contributed by atoms with Gasteiger partial charge in [0, 0.05) is 37.3 Å². The Bertz CT molecular complexity index is 1020. The minimum absolute atomic E-state index is 0. The van der Waals surface area contributed by atoms with Gasteiger partial charge in [-0.05, 0) is 37.3 Å². The molecule has 3 N–H and O–H groups in total. The number of β-amino-alcohol motifs (C(OH)–C–C–N with tert-alkyl or cyclic N) is 1. The maximum Gasteiger partial charge on any atom is 0.255 e. The molecule has 1 saturated heterocycles. The Morgan fingerprint density at radius 1 is 1.27 bits per heavy atom. The van der Waals surface area contributed by atoms with Gasteiger partial charge in [-0.1, -0.05) is 23.8 Å². The van der Waals surface area contributed by atoms with Crippen LogP contribution in [0.1, 0.15) is 15.9 Å². The highest BCUT2D eigenvalue weighted by Crippen LogP contribution is 2.25. The highest BCUT2D eigenvalue weighted by molar-refractivity contribution is 6.00. The molecule has 0 bridgehead atoms. The maximum absolute atomic E-state index is 13.3. The van der Waals surface area contributed by atoms with Gasteiger partial charge in [0.1, 0.15) is 11.5 Å². The van der Waals surface area contributed by atoms with E-state index in [-0.39, 0.29) is 30.0 Å². The van der Waals surface area contributed by atoms with Gasteiger partial charge in [-0.3, -0.25) is 4.79 Å². The number of aliphatic hydroxyl groups is 1. The first-order valence-electron chi connectivity index (χ1n) is 9.61. The predicted molar refractivity (Wildman–Crippen MR) is 116 cm³/mol. The molecule has 2 heterocycles. The van der Waals surface area contributed by atoms with Crippen LogP contribution in [0.3, 0.4) is 0 Å². The zero-order chi connectivity index (χ0) is 20.4. The Balaban J connectivity index is 0.00000256. The van der Waals surface area contributed by atoms with Crippen molar-refractivity contribution in [3.63, 3.8) is 0 Å². The average molecular weight is 431 g/mol. The molecule has 1 aliphatic heterocycles. The molecule has 1 amide bonds.